The van der Waals surface area contributed by atoms with E-state index < -0.39 is 0 Å². The van der Waals surface area contributed by atoms with Crippen LogP contribution in [0.5, 0.6) is 0 Å². The van der Waals surface area contributed by atoms with Gasteiger partial charge in [0.2, 0.25) is 0 Å². The van der Waals surface area contributed by atoms with Gasteiger partial charge in [-0.05, 0) is 32.1 Å². The third-order valence-corrected chi connectivity index (χ3v) is 3.99. The van der Waals surface area contributed by atoms with E-state index in [0.717, 1.165) is 6.54 Å². The summed E-state index contributed by atoms with van der Waals surface area (Å²) in [7, 11) is 0. The van der Waals surface area contributed by atoms with Crippen molar-refractivity contribution in [1.82, 2.24) is 15.1 Å². The fourth-order valence-corrected chi connectivity index (χ4v) is 2.70. The average molecular weight is 235 g/mol. The fourth-order valence-electron chi connectivity index (χ4n) is 2.70. The molecular weight excluding hydrogens is 210 g/mol. The Kier molecular flexibility index (Phi) is 3.57. The van der Waals surface area contributed by atoms with Crippen LogP contribution in [0, 0.1) is 5.41 Å². The van der Waals surface area contributed by atoms with E-state index in [-0.39, 0.29) is 0 Å². The summed E-state index contributed by atoms with van der Waals surface area (Å²) in [5, 5.41) is 8.06. The van der Waals surface area contributed by atoms with Gasteiger partial charge in [-0.3, -0.25) is 4.68 Å². The molecular formula is C14H25N3. The van der Waals surface area contributed by atoms with Crippen molar-refractivity contribution in [2.24, 2.45) is 5.41 Å². The second-order valence-electron chi connectivity index (χ2n) is 6.24. The zero-order valence-corrected chi connectivity index (χ0v) is 11.5. The lowest BCUT2D eigenvalue weighted by molar-refractivity contribution is 0.282. The molecule has 1 atom stereocenters. The molecule has 0 amide bonds. The summed E-state index contributed by atoms with van der Waals surface area (Å²) < 4.78 is 2.02. The lowest BCUT2D eigenvalue weighted by Crippen LogP contribution is -2.37. The van der Waals surface area contributed by atoms with Crippen molar-refractivity contribution in [2.75, 3.05) is 0 Å². The Morgan fingerprint density at radius 3 is 2.82 bits per heavy atom. The van der Waals surface area contributed by atoms with Crippen molar-refractivity contribution >= 4 is 0 Å². The highest BCUT2D eigenvalue weighted by Gasteiger charge is 2.33. The molecule has 1 aliphatic carbocycles. The zero-order chi connectivity index (χ0) is 12.5. The molecule has 1 aromatic heterocycles. The fraction of sp³-hybridized carbons (Fsp3) is 0.786. The van der Waals surface area contributed by atoms with E-state index in [0.29, 0.717) is 17.5 Å². The van der Waals surface area contributed by atoms with Crippen molar-refractivity contribution in [2.45, 2.75) is 65.6 Å². The smallest absolute Gasteiger partial charge is 0.0534 e. The molecule has 0 aromatic carbocycles. The van der Waals surface area contributed by atoms with Crippen LogP contribution in [-0.4, -0.2) is 15.8 Å². The topological polar surface area (TPSA) is 29.9 Å². The molecule has 3 nitrogen and oxygen atoms in total. The Hall–Kier alpha value is -0.830. The number of hydrogen-bond donors (Lipinski definition) is 1. The van der Waals surface area contributed by atoms with E-state index in [2.05, 4.69) is 44.3 Å². The molecule has 1 heterocycles. The van der Waals surface area contributed by atoms with Crippen LogP contribution in [0.1, 0.15) is 58.6 Å². The molecule has 1 unspecified atom stereocenters. The van der Waals surface area contributed by atoms with Gasteiger partial charge in [-0.1, -0.05) is 20.3 Å². The van der Waals surface area contributed by atoms with Crippen molar-refractivity contribution in [1.29, 1.82) is 0 Å². The van der Waals surface area contributed by atoms with Crippen LogP contribution in [0.25, 0.3) is 0 Å². The van der Waals surface area contributed by atoms with Crippen LogP contribution in [0.2, 0.25) is 0 Å². The molecule has 96 valence electrons. The maximum atomic E-state index is 4.37. The van der Waals surface area contributed by atoms with E-state index in [1.54, 1.807) is 0 Å². The number of nitrogens with zero attached hydrogens (tertiary/aromatic N) is 2. The lowest BCUT2D eigenvalue weighted by Gasteiger charge is -2.27. The zero-order valence-electron chi connectivity index (χ0n) is 11.5. The molecule has 0 saturated heterocycles. The van der Waals surface area contributed by atoms with E-state index in [1.165, 1.54) is 24.8 Å². The Morgan fingerprint density at radius 2 is 2.29 bits per heavy atom. The third kappa shape index (κ3) is 2.89. The first-order chi connectivity index (χ1) is 7.99. The van der Waals surface area contributed by atoms with Crippen LogP contribution in [0.4, 0.5) is 0 Å². The summed E-state index contributed by atoms with van der Waals surface area (Å²) in [5.74, 6) is 0. The third-order valence-electron chi connectivity index (χ3n) is 3.99. The number of rotatable bonds is 4. The summed E-state index contributed by atoms with van der Waals surface area (Å²) in [4.78, 5) is 0. The van der Waals surface area contributed by atoms with Gasteiger partial charge in [0.25, 0.3) is 0 Å². The van der Waals surface area contributed by atoms with Crippen LogP contribution in [0.15, 0.2) is 12.4 Å². The molecule has 1 fully saturated rings. The van der Waals surface area contributed by atoms with Gasteiger partial charge in [-0.25, -0.2) is 0 Å². The quantitative estimate of drug-likeness (QED) is 0.869. The molecule has 0 radical (unpaired) electrons. The Labute approximate surface area is 105 Å². The normalized spacial score (nSPS) is 23.5. The van der Waals surface area contributed by atoms with Gasteiger partial charge < -0.3 is 5.32 Å². The second-order valence-corrected chi connectivity index (χ2v) is 6.24. The first kappa shape index (κ1) is 12.6. The van der Waals surface area contributed by atoms with Crippen LogP contribution in [0.3, 0.4) is 0 Å². The summed E-state index contributed by atoms with van der Waals surface area (Å²) in [6, 6.07) is 1.11. The molecule has 17 heavy (non-hydrogen) atoms. The summed E-state index contributed by atoms with van der Waals surface area (Å²) >= 11 is 0. The Bertz CT molecular complexity index is 365. The number of nitrogens with one attached hydrogen (secondary N) is 1. The largest absolute Gasteiger partial charge is 0.309 e. The minimum absolute atomic E-state index is 0.451. The van der Waals surface area contributed by atoms with Crippen LogP contribution >= 0.6 is 0 Å². The first-order valence-corrected chi connectivity index (χ1v) is 6.75. The maximum absolute atomic E-state index is 4.37. The van der Waals surface area contributed by atoms with Crippen molar-refractivity contribution in [3.8, 4) is 0 Å². The average Bonchev–Trinajstić information content (AvgIpc) is 2.81. The highest BCUT2D eigenvalue weighted by atomic mass is 15.3. The van der Waals surface area contributed by atoms with Gasteiger partial charge in [-0.2, -0.15) is 5.10 Å². The SMILES string of the molecule is CC(C)n1cc(CNC2CCCC2(C)C)cn1. The Balaban J connectivity index is 1.89. The van der Waals surface area contributed by atoms with Gasteiger partial charge in [0.05, 0.1) is 6.20 Å². The van der Waals surface area contributed by atoms with E-state index in [9.17, 15) is 0 Å². The molecule has 3 heteroatoms. The van der Waals surface area contributed by atoms with Crippen molar-refractivity contribution in [3.63, 3.8) is 0 Å². The second kappa shape index (κ2) is 4.81. The van der Waals surface area contributed by atoms with Crippen LogP contribution in [-0.2, 0) is 6.54 Å². The minimum Gasteiger partial charge on any atom is -0.309 e. The molecule has 0 bridgehead atoms. The summed E-state index contributed by atoms with van der Waals surface area (Å²) in [6.07, 6.45) is 8.14. The number of aromatic nitrogens is 2. The molecule has 1 aromatic rings. The molecule has 1 saturated carbocycles. The number of hydrogen-bond acceptors (Lipinski definition) is 2. The Morgan fingerprint density at radius 1 is 1.53 bits per heavy atom. The standard InChI is InChI=1S/C14H25N3/c1-11(2)17-10-12(9-16-17)8-15-13-6-5-7-14(13,3)4/h9-11,13,15H,5-8H2,1-4H3. The van der Waals surface area contributed by atoms with Gasteiger partial charge in [0, 0.05) is 30.4 Å². The molecule has 1 aliphatic rings. The molecule has 0 aliphatic heterocycles. The predicted molar refractivity (Wildman–Crippen MR) is 70.9 cm³/mol. The highest BCUT2D eigenvalue weighted by Crippen LogP contribution is 2.37. The summed E-state index contributed by atoms with van der Waals surface area (Å²) in [6.45, 7) is 10.00. The van der Waals surface area contributed by atoms with Gasteiger partial charge in [0.15, 0.2) is 0 Å². The van der Waals surface area contributed by atoms with Crippen LogP contribution < -0.4 is 5.32 Å². The first-order valence-electron chi connectivity index (χ1n) is 6.75. The highest BCUT2D eigenvalue weighted by molar-refractivity contribution is 5.05. The van der Waals surface area contributed by atoms with E-state index >= 15 is 0 Å². The minimum atomic E-state index is 0.451. The predicted octanol–water partition coefficient (Wildman–Crippen LogP) is 3.13. The van der Waals surface area contributed by atoms with Crippen molar-refractivity contribution in [3.05, 3.63) is 18.0 Å². The van der Waals surface area contributed by atoms with Gasteiger partial charge >= 0.3 is 0 Å². The molecule has 1 N–H and O–H groups in total. The van der Waals surface area contributed by atoms with Crippen molar-refractivity contribution < 1.29 is 0 Å². The van der Waals surface area contributed by atoms with E-state index in [4.69, 9.17) is 0 Å². The summed E-state index contributed by atoms with van der Waals surface area (Å²) in [5.41, 5.74) is 1.75. The monoisotopic (exact) mass is 235 g/mol. The van der Waals surface area contributed by atoms with Gasteiger partial charge in [0.1, 0.15) is 0 Å². The lowest BCUT2D eigenvalue weighted by atomic mass is 9.87. The van der Waals surface area contributed by atoms with E-state index in [1.807, 2.05) is 10.9 Å². The maximum Gasteiger partial charge on any atom is 0.0534 e. The molecule has 2 rings (SSSR count). The van der Waals surface area contributed by atoms with Gasteiger partial charge in [-0.15, -0.1) is 0 Å². The molecule has 0 spiro atoms.